The highest BCUT2D eigenvalue weighted by atomic mass is 16.7. The van der Waals surface area contributed by atoms with Crippen LogP contribution in [-0.2, 0) is 4.84 Å². The van der Waals surface area contributed by atoms with Gasteiger partial charge in [0.05, 0.1) is 6.61 Å². The van der Waals surface area contributed by atoms with Gasteiger partial charge in [0.15, 0.2) is 0 Å². The van der Waals surface area contributed by atoms with E-state index in [1.165, 1.54) is 0 Å². The van der Waals surface area contributed by atoms with Gasteiger partial charge in [-0.05, 0) is 21.0 Å². The van der Waals surface area contributed by atoms with Crippen LogP contribution in [0.2, 0.25) is 0 Å². The highest BCUT2D eigenvalue weighted by Crippen LogP contribution is 1.79. The summed E-state index contributed by atoms with van der Waals surface area (Å²) in [6.07, 6.45) is 0. The Hall–Kier alpha value is -0.120. The third kappa shape index (κ3) is 15.7. The van der Waals surface area contributed by atoms with Gasteiger partial charge in [0.2, 0.25) is 0 Å². The number of hydrogen-bond acceptors (Lipinski definition) is 3. The summed E-state index contributed by atoms with van der Waals surface area (Å²) >= 11 is 0. The molecule has 0 unspecified atom stereocenters. The zero-order valence-corrected chi connectivity index (χ0v) is 7.77. The molecule has 0 fully saturated rings. The summed E-state index contributed by atoms with van der Waals surface area (Å²) in [5, 5.41) is 4.56. The average molecular weight is 148 g/mol. The molecule has 0 spiro atoms. The van der Waals surface area contributed by atoms with Crippen LogP contribution in [-0.4, -0.2) is 39.4 Å². The van der Waals surface area contributed by atoms with Crippen molar-refractivity contribution < 1.29 is 4.84 Å². The predicted octanol–water partition coefficient (Wildman–Crippen LogP) is 0.725. The van der Waals surface area contributed by atoms with Crippen LogP contribution in [0.5, 0.6) is 0 Å². The van der Waals surface area contributed by atoms with Crippen molar-refractivity contribution in [2.24, 2.45) is 0 Å². The van der Waals surface area contributed by atoms with E-state index in [0.29, 0.717) is 0 Å². The molecule has 0 bridgehead atoms. The molecule has 0 saturated heterocycles. The number of hydroxylamine groups is 2. The van der Waals surface area contributed by atoms with Crippen LogP contribution in [0.25, 0.3) is 0 Å². The van der Waals surface area contributed by atoms with Crippen LogP contribution in [0.15, 0.2) is 0 Å². The van der Waals surface area contributed by atoms with Crippen molar-refractivity contribution in [1.29, 1.82) is 0 Å². The van der Waals surface area contributed by atoms with Crippen molar-refractivity contribution in [3.63, 3.8) is 0 Å². The normalized spacial score (nSPS) is 9.00. The van der Waals surface area contributed by atoms with Crippen molar-refractivity contribution in [2.75, 3.05) is 34.3 Å². The van der Waals surface area contributed by atoms with Crippen molar-refractivity contribution in [3.8, 4) is 0 Å². The lowest BCUT2D eigenvalue weighted by Gasteiger charge is -2.10. The molecule has 3 nitrogen and oxygen atoms in total. The molecule has 0 aliphatic carbocycles. The fraction of sp³-hybridized carbons (Fsp3) is 1.00. The predicted molar refractivity (Wildman–Crippen MR) is 44.9 cm³/mol. The van der Waals surface area contributed by atoms with Crippen molar-refractivity contribution in [3.05, 3.63) is 0 Å². The summed E-state index contributed by atoms with van der Waals surface area (Å²) in [7, 11) is 5.67. The fourth-order valence-electron chi connectivity index (χ4n) is 0.312. The third-order valence-electron chi connectivity index (χ3n) is 0.795. The van der Waals surface area contributed by atoms with E-state index in [9.17, 15) is 0 Å². The van der Waals surface area contributed by atoms with Gasteiger partial charge in [0, 0.05) is 13.6 Å². The highest BCUT2D eigenvalue weighted by molar-refractivity contribution is 4.21. The van der Waals surface area contributed by atoms with Crippen LogP contribution in [0.3, 0.4) is 0 Å². The van der Waals surface area contributed by atoms with Gasteiger partial charge in [0.25, 0.3) is 0 Å². The van der Waals surface area contributed by atoms with E-state index in [4.69, 9.17) is 4.84 Å². The number of nitrogens with zero attached hydrogens (tertiary/aromatic N) is 1. The van der Waals surface area contributed by atoms with Gasteiger partial charge >= 0.3 is 0 Å². The van der Waals surface area contributed by atoms with Gasteiger partial charge in [-0.2, -0.15) is 5.06 Å². The van der Waals surface area contributed by atoms with Crippen LogP contribution in [0.4, 0.5) is 0 Å². The minimum absolute atomic E-state index is 0.768. The second-order valence-electron chi connectivity index (χ2n) is 1.86. The topological polar surface area (TPSA) is 24.5 Å². The molecule has 0 aromatic carbocycles. The summed E-state index contributed by atoms with van der Waals surface area (Å²) in [6.45, 7) is 5.75. The van der Waals surface area contributed by atoms with Crippen molar-refractivity contribution in [1.82, 2.24) is 10.4 Å². The molecular weight excluding hydrogens is 128 g/mol. The summed E-state index contributed by atoms with van der Waals surface area (Å²) in [5.41, 5.74) is 0. The molecule has 10 heavy (non-hydrogen) atoms. The monoisotopic (exact) mass is 148 g/mol. The molecule has 0 aromatic heterocycles. The Labute approximate surface area is 64.3 Å². The Morgan fingerprint density at radius 2 is 1.70 bits per heavy atom. The van der Waals surface area contributed by atoms with E-state index in [0.717, 1.165) is 13.2 Å². The highest BCUT2D eigenvalue weighted by Gasteiger charge is 1.86. The molecule has 1 N–H and O–H groups in total. The molecule has 0 aliphatic rings. The van der Waals surface area contributed by atoms with Crippen LogP contribution in [0.1, 0.15) is 13.8 Å². The van der Waals surface area contributed by atoms with Crippen LogP contribution < -0.4 is 5.32 Å². The van der Waals surface area contributed by atoms with Crippen LogP contribution in [0, 0.1) is 0 Å². The fourth-order valence-corrected chi connectivity index (χ4v) is 0.312. The van der Waals surface area contributed by atoms with Gasteiger partial charge < -0.3 is 5.32 Å². The second-order valence-corrected chi connectivity index (χ2v) is 1.86. The van der Waals surface area contributed by atoms with Gasteiger partial charge in [-0.15, -0.1) is 0 Å². The number of rotatable bonds is 3. The van der Waals surface area contributed by atoms with Gasteiger partial charge in [-0.25, -0.2) is 0 Å². The lowest BCUT2D eigenvalue weighted by molar-refractivity contribution is -0.130. The van der Waals surface area contributed by atoms with Crippen molar-refractivity contribution in [2.45, 2.75) is 13.8 Å². The maximum atomic E-state index is 5.02. The smallest absolute Gasteiger partial charge is 0.0656 e. The molecule has 0 aromatic rings. The number of nitrogens with one attached hydrogen (secondary N) is 1. The second kappa shape index (κ2) is 11.6. The summed E-state index contributed by atoms with van der Waals surface area (Å²) in [6, 6.07) is 0. The van der Waals surface area contributed by atoms with E-state index < -0.39 is 0 Å². The Balaban J connectivity index is 0. The molecule has 0 rings (SSSR count). The first-order chi connectivity index (χ1) is 4.72. The first-order valence-corrected chi connectivity index (χ1v) is 3.65. The van der Waals surface area contributed by atoms with Crippen LogP contribution >= 0.6 is 0 Å². The molecule has 64 valence electrons. The maximum absolute atomic E-state index is 5.02. The minimum Gasteiger partial charge on any atom is -0.323 e. The zero-order chi connectivity index (χ0) is 8.41. The molecule has 0 aliphatic heterocycles. The maximum Gasteiger partial charge on any atom is 0.0656 e. The van der Waals surface area contributed by atoms with E-state index in [2.05, 4.69) is 12.2 Å². The minimum atomic E-state index is 0.768. The third-order valence-corrected chi connectivity index (χ3v) is 0.795. The molecular formula is C7H20N2O. The lowest BCUT2D eigenvalue weighted by Crippen LogP contribution is -2.17. The Kier molecular flexibility index (Phi) is 14.6. The zero-order valence-electron chi connectivity index (χ0n) is 7.77. The van der Waals surface area contributed by atoms with Gasteiger partial charge in [0.1, 0.15) is 0 Å². The molecule has 0 amide bonds. The Morgan fingerprint density at radius 1 is 1.30 bits per heavy atom. The first-order valence-electron chi connectivity index (χ1n) is 3.65. The average Bonchev–Trinajstić information content (AvgIpc) is 1.90. The molecule has 0 saturated carbocycles. The number of hydrogen-bond donors (Lipinski definition) is 1. The summed E-state index contributed by atoms with van der Waals surface area (Å²) in [4.78, 5) is 5.02. The molecule has 0 radical (unpaired) electrons. The lowest BCUT2D eigenvalue weighted by atomic mass is 10.8. The van der Waals surface area contributed by atoms with E-state index in [1.807, 2.05) is 28.1 Å². The van der Waals surface area contributed by atoms with Gasteiger partial charge in [-0.1, -0.05) is 6.92 Å². The molecule has 0 heterocycles. The van der Waals surface area contributed by atoms with E-state index in [1.54, 1.807) is 5.06 Å². The molecule has 3 heteroatoms. The Morgan fingerprint density at radius 3 is 1.80 bits per heavy atom. The van der Waals surface area contributed by atoms with E-state index >= 15 is 0 Å². The SMILES string of the molecule is CCON(C)CC.CNC. The largest absolute Gasteiger partial charge is 0.323 e. The standard InChI is InChI=1S/C5H13NO.C2H7N/c1-4-6(3)7-5-2;1-3-2/h4-5H2,1-3H3;3H,1-2H3. The first kappa shape index (κ1) is 12.5. The Bertz CT molecular complexity index is 50.9. The summed E-state index contributed by atoms with van der Waals surface area (Å²) < 4.78 is 0. The quantitative estimate of drug-likeness (QED) is 0.597. The van der Waals surface area contributed by atoms with E-state index in [-0.39, 0.29) is 0 Å². The van der Waals surface area contributed by atoms with Gasteiger partial charge in [-0.3, -0.25) is 4.84 Å². The molecule has 0 atom stereocenters. The summed E-state index contributed by atoms with van der Waals surface area (Å²) in [5.74, 6) is 0. The van der Waals surface area contributed by atoms with Crippen molar-refractivity contribution >= 4 is 0 Å².